The van der Waals surface area contributed by atoms with Crippen LogP contribution in [0.4, 0.5) is 0 Å². The SMILES string of the molecule is Br.CCC(=CCN1CC[C@@]23CCCC[C@H]2[C@@H]1Cc1ccc(O)cc13)CC. The van der Waals surface area contributed by atoms with E-state index < -0.39 is 0 Å². The summed E-state index contributed by atoms with van der Waals surface area (Å²) in [5, 5.41) is 10.1. The first-order chi connectivity index (χ1) is 12.2. The van der Waals surface area contributed by atoms with E-state index >= 15 is 0 Å². The third kappa shape index (κ3) is 3.26. The summed E-state index contributed by atoms with van der Waals surface area (Å²) in [4.78, 5) is 2.77. The number of phenols is 1. The van der Waals surface area contributed by atoms with Crippen LogP contribution in [0.2, 0.25) is 0 Å². The number of phenolic OH excluding ortho intramolecular Hbond substituents is 1. The Morgan fingerprint density at radius 2 is 2.04 bits per heavy atom. The van der Waals surface area contributed by atoms with Gasteiger partial charge in [0, 0.05) is 18.0 Å². The number of fused-ring (bicyclic) bond motifs is 1. The molecule has 4 rings (SSSR count). The summed E-state index contributed by atoms with van der Waals surface area (Å²) >= 11 is 0. The molecule has 3 atom stereocenters. The first-order valence-corrected chi connectivity index (χ1v) is 10.4. The van der Waals surface area contributed by atoms with Crippen molar-refractivity contribution in [3.05, 3.63) is 41.0 Å². The smallest absolute Gasteiger partial charge is 0.115 e. The molecule has 1 aromatic rings. The number of halogens is 1. The molecular weight excluding hydrogens is 386 g/mol. The monoisotopic (exact) mass is 419 g/mol. The first-order valence-electron chi connectivity index (χ1n) is 10.4. The molecule has 0 radical (unpaired) electrons. The van der Waals surface area contributed by atoms with Crippen molar-refractivity contribution < 1.29 is 5.11 Å². The molecule has 2 bridgehead atoms. The van der Waals surface area contributed by atoms with E-state index in [2.05, 4.69) is 37.0 Å². The van der Waals surface area contributed by atoms with Crippen LogP contribution >= 0.6 is 17.0 Å². The molecule has 0 aromatic heterocycles. The number of piperidine rings is 1. The Bertz CT molecular complexity index is 664. The molecule has 0 amide bonds. The van der Waals surface area contributed by atoms with Crippen molar-refractivity contribution in [2.75, 3.05) is 13.1 Å². The highest BCUT2D eigenvalue weighted by Gasteiger charge is 2.53. The Kier molecular flexibility index (Phi) is 6.18. The third-order valence-electron chi connectivity index (χ3n) is 7.46. The number of hydrogen-bond acceptors (Lipinski definition) is 2. The lowest BCUT2D eigenvalue weighted by Gasteiger charge is -2.59. The molecule has 1 saturated heterocycles. The molecule has 3 aliphatic rings. The Morgan fingerprint density at radius 3 is 2.81 bits per heavy atom. The molecule has 1 saturated carbocycles. The van der Waals surface area contributed by atoms with Crippen molar-refractivity contribution in [2.24, 2.45) is 5.92 Å². The normalized spacial score (nSPS) is 29.9. The number of aromatic hydroxyl groups is 1. The van der Waals surface area contributed by atoms with Gasteiger partial charge in [-0.2, -0.15) is 0 Å². The minimum atomic E-state index is 0. The average molecular weight is 420 g/mol. The van der Waals surface area contributed by atoms with Gasteiger partial charge in [-0.15, -0.1) is 17.0 Å². The zero-order valence-electron chi connectivity index (χ0n) is 16.3. The van der Waals surface area contributed by atoms with Gasteiger partial charge in [0.25, 0.3) is 0 Å². The molecule has 0 unspecified atom stereocenters. The zero-order valence-corrected chi connectivity index (χ0v) is 18.1. The van der Waals surface area contributed by atoms with Crippen LogP contribution in [0.1, 0.15) is 69.9 Å². The highest BCUT2D eigenvalue weighted by molar-refractivity contribution is 8.93. The van der Waals surface area contributed by atoms with Crippen LogP contribution in [-0.2, 0) is 11.8 Å². The van der Waals surface area contributed by atoms with E-state index in [9.17, 15) is 5.11 Å². The fraction of sp³-hybridized carbons (Fsp3) is 0.652. The summed E-state index contributed by atoms with van der Waals surface area (Å²) in [7, 11) is 0. The molecule has 0 spiro atoms. The summed E-state index contributed by atoms with van der Waals surface area (Å²) in [6.45, 7) is 6.90. The van der Waals surface area contributed by atoms with Gasteiger partial charge in [-0.05, 0) is 74.2 Å². The molecule has 2 nitrogen and oxygen atoms in total. The highest BCUT2D eigenvalue weighted by Crippen LogP contribution is 2.56. The largest absolute Gasteiger partial charge is 0.508 e. The predicted molar refractivity (Wildman–Crippen MR) is 114 cm³/mol. The second-order valence-electron chi connectivity index (χ2n) is 8.44. The number of allylic oxidation sites excluding steroid dienone is 1. The number of benzene rings is 1. The van der Waals surface area contributed by atoms with Gasteiger partial charge < -0.3 is 5.11 Å². The second kappa shape index (κ2) is 8.06. The van der Waals surface area contributed by atoms with Crippen molar-refractivity contribution in [3.63, 3.8) is 0 Å². The summed E-state index contributed by atoms with van der Waals surface area (Å²) in [6, 6.07) is 6.89. The molecule has 1 aliphatic heterocycles. The molecular formula is C23H34BrNO. The van der Waals surface area contributed by atoms with Gasteiger partial charge in [0.2, 0.25) is 0 Å². The van der Waals surface area contributed by atoms with Crippen LogP contribution in [0.3, 0.4) is 0 Å². The van der Waals surface area contributed by atoms with E-state index in [-0.39, 0.29) is 17.0 Å². The van der Waals surface area contributed by atoms with Gasteiger partial charge >= 0.3 is 0 Å². The predicted octanol–water partition coefficient (Wildman–Crippen LogP) is 5.77. The molecule has 2 fully saturated rings. The van der Waals surface area contributed by atoms with Crippen LogP contribution in [-0.4, -0.2) is 29.1 Å². The zero-order chi connectivity index (χ0) is 17.4. The lowest BCUT2D eigenvalue weighted by molar-refractivity contribution is -0.00531. The van der Waals surface area contributed by atoms with Gasteiger partial charge in [-0.25, -0.2) is 0 Å². The van der Waals surface area contributed by atoms with Crippen molar-refractivity contribution in [2.45, 2.75) is 76.7 Å². The summed E-state index contributed by atoms with van der Waals surface area (Å²) in [5.41, 5.74) is 4.93. The van der Waals surface area contributed by atoms with E-state index in [1.54, 1.807) is 5.57 Å². The van der Waals surface area contributed by atoms with Crippen LogP contribution in [0.25, 0.3) is 0 Å². The minimum Gasteiger partial charge on any atom is -0.508 e. The average Bonchev–Trinajstić information content (AvgIpc) is 2.64. The maximum Gasteiger partial charge on any atom is 0.115 e. The van der Waals surface area contributed by atoms with Crippen LogP contribution in [0, 0.1) is 5.92 Å². The van der Waals surface area contributed by atoms with Gasteiger partial charge in [-0.3, -0.25) is 4.90 Å². The first kappa shape index (κ1) is 19.9. The van der Waals surface area contributed by atoms with Gasteiger partial charge in [-0.1, -0.05) is 44.4 Å². The van der Waals surface area contributed by atoms with Crippen LogP contribution in [0.15, 0.2) is 29.8 Å². The molecule has 1 heterocycles. The Labute approximate surface area is 169 Å². The van der Waals surface area contributed by atoms with Crippen LogP contribution < -0.4 is 0 Å². The summed E-state index contributed by atoms with van der Waals surface area (Å²) in [5.74, 6) is 1.24. The van der Waals surface area contributed by atoms with Crippen LogP contribution in [0.5, 0.6) is 5.75 Å². The van der Waals surface area contributed by atoms with E-state index in [1.807, 2.05) is 6.07 Å². The fourth-order valence-corrected chi connectivity index (χ4v) is 6.08. The maximum absolute atomic E-state index is 10.1. The van der Waals surface area contributed by atoms with Crippen molar-refractivity contribution in [3.8, 4) is 5.75 Å². The highest BCUT2D eigenvalue weighted by atomic mass is 79.9. The van der Waals surface area contributed by atoms with E-state index in [0.717, 1.165) is 12.5 Å². The molecule has 2 aliphatic carbocycles. The maximum atomic E-state index is 10.1. The van der Waals surface area contributed by atoms with Gasteiger partial charge in [0.05, 0.1) is 0 Å². The summed E-state index contributed by atoms with van der Waals surface area (Å²) < 4.78 is 0. The van der Waals surface area contributed by atoms with Crippen molar-refractivity contribution in [1.82, 2.24) is 4.90 Å². The van der Waals surface area contributed by atoms with Gasteiger partial charge in [0.1, 0.15) is 5.75 Å². The number of rotatable bonds is 4. The molecule has 1 aromatic carbocycles. The molecule has 144 valence electrons. The number of likely N-dealkylation sites (tertiary alicyclic amines) is 1. The molecule has 1 N–H and O–H groups in total. The van der Waals surface area contributed by atoms with Crippen molar-refractivity contribution in [1.29, 1.82) is 0 Å². The number of hydrogen-bond donors (Lipinski definition) is 1. The Hall–Kier alpha value is -0.800. The minimum absolute atomic E-state index is 0. The lowest BCUT2D eigenvalue weighted by atomic mass is 9.52. The third-order valence-corrected chi connectivity index (χ3v) is 7.46. The van der Waals surface area contributed by atoms with E-state index in [1.165, 1.54) is 69.0 Å². The van der Waals surface area contributed by atoms with E-state index in [0.29, 0.717) is 17.2 Å². The summed E-state index contributed by atoms with van der Waals surface area (Å²) in [6.07, 6.45) is 12.7. The van der Waals surface area contributed by atoms with Gasteiger partial charge in [0.15, 0.2) is 0 Å². The van der Waals surface area contributed by atoms with Crippen molar-refractivity contribution >= 4 is 17.0 Å². The molecule has 26 heavy (non-hydrogen) atoms. The standard InChI is InChI=1S/C23H33NO.BrH/c1-3-17(4-2)10-13-24-14-12-23-11-6-5-7-20(23)22(24)15-18-8-9-19(25)16-21(18)23;/h8-10,16,20,22,25H,3-7,11-15H2,1-2H3;1H/t20-,22-,23-;/m0./s1. The Morgan fingerprint density at radius 1 is 1.23 bits per heavy atom. The fourth-order valence-electron chi connectivity index (χ4n) is 6.08. The lowest BCUT2D eigenvalue weighted by Crippen LogP contribution is -2.60. The molecule has 3 heteroatoms. The Balaban J connectivity index is 0.00000196. The van der Waals surface area contributed by atoms with E-state index in [4.69, 9.17) is 0 Å². The second-order valence-corrected chi connectivity index (χ2v) is 8.44. The topological polar surface area (TPSA) is 23.5 Å². The quantitative estimate of drug-likeness (QED) is 0.625. The number of nitrogens with zero attached hydrogens (tertiary/aromatic N) is 1.